The van der Waals surface area contributed by atoms with Crippen molar-refractivity contribution in [2.45, 2.75) is 158 Å². The van der Waals surface area contributed by atoms with Crippen LogP contribution in [0.5, 0.6) is 5.75 Å². The number of amides is 10. The van der Waals surface area contributed by atoms with Crippen LogP contribution in [0.4, 0.5) is 0 Å². The van der Waals surface area contributed by atoms with Crippen molar-refractivity contribution in [3.63, 3.8) is 0 Å². The molecule has 21 nitrogen and oxygen atoms in total. The molecule has 24 rings (SSSR count). The van der Waals surface area contributed by atoms with E-state index in [4.69, 9.17) is 62.7 Å². The van der Waals surface area contributed by atoms with Gasteiger partial charge in [0.05, 0.1) is 68.5 Å². The first-order valence-corrected chi connectivity index (χ1v) is 45.5. The van der Waals surface area contributed by atoms with Crippen LogP contribution in [0, 0.1) is 23.7 Å². The monoisotopic (exact) mass is 1800 g/mol. The molecule has 11 heterocycles. The van der Waals surface area contributed by atoms with E-state index < -0.39 is 48.3 Å². The molecule has 11 aliphatic heterocycles. The molecule has 0 N–H and O–H groups in total. The first kappa shape index (κ1) is 84.9. The minimum atomic E-state index is -1.78. The Bertz CT molecular complexity index is 5840. The SMILES string of the molecule is CC1=CC2C(C(C)C)CC1N1C(=O)C(Cl)(c3ccccc3)C(=O)N21.COc1ccc2c(c1)CCC1C2=CCN2C(=O)C(Cl)(c3ccccc3)C(=O)N12.O=C1N2C(c3ccccc3)C=CC(c3ccccc3)N2C(=O)C1(Cl)c1ccccc1.O=C1N2C3C=CC(C3)N2C(=O)C1(Cl)c1ccccc1.O=C1N2CC=C3C4CCCCC4CCC3N2C(=O)C1(Cl)c1ccccc1. The summed E-state index contributed by atoms with van der Waals surface area (Å²) in [6.45, 7) is 7.18. The second-order valence-electron chi connectivity index (χ2n) is 35.2. The van der Waals surface area contributed by atoms with Crippen LogP contribution in [0.3, 0.4) is 0 Å². The third-order valence-electron chi connectivity index (χ3n) is 28.2. The average molecular weight is 1800 g/mol. The van der Waals surface area contributed by atoms with Crippen molar-refractivity contribution in [1.29, 1.82) is 0 Å². The largest absolute Gasteiger partial charge is 0.497 e. The molecule has 10 amide bonds. The highest BCUT2D eigenvalue weighted by Gasteiger charge is 2.69. The molecule has 0 aromatic heterocycles. The van der Waals surface area contributed by atoms with Crippen LogP contribution in [0.2, 0.25) is 0 Å². The molecule has 648 valence electrons. The number of fused-ring (bicyclic) bond motifs is 17. The van der Waals surface area contributed by atoms with E-state index >= 15 is 0 Å². The van der Waals surface area contributed by atoms with E-state index in [0.29, 0.717) is 58.7 Å². The number of hydrogen-bond acceptors (Lipinski definition) is 11. The summed E-state index contributed by atoms with van der Waals surface area (Å²) in [7, 11) is 1.66. The van der Waals surface area contributed by atoms with E-state index in [-0.39, 0.29) is 83.5 Å². The highest BCUT2D eigenvalue weighted by Crippen LogP contribution is 2.56. The number of benzene rings is 8. The summed E-state index contributed by atoms with van der Waals surface area (Å²) in [6, 6.07) is 68.8. The summed E-state index contributed by atoms with van der Waals surface area (Å²) in [6.07, 6.45) is 24.7. The molecule has 14 unspecified atom stereocenters. The fourth-order valence-electron chi connectivity index (χ4n) is 21.8. The molecule has 26 heteroatoms. The third kappa shape index (κ3) is 13.2. The Morgan fingerprint density at radius 3 is 1.22 bits per heavy atom. The number of rotatable bonds is 9. The van der Waals surface area contributed by atoms with Gasteiger partial charge in [0.2, 0.25) is 24.4 Å². The maximum absolute atomic E-state index is 13.7. The van der Waals surface area contributed by atoms with Crippen LogP contribution in [-0.2, 0) is 78.7 Å². The number of nitrogens with zero attached hydrogens (tertiary/aromatic N) is 10. The van der Waals surface area contributed by atoms with Crippen LogP contribution in [0.1, 0.15) is 141 Å². The quantitative estimate of drug-likeness (QED) is 0.0753. The maximum atomic E-state index is 13.7. The fourth-order valence-corrected chi connectivity index (χ4v) is 23.4. The van der Waals surface area contributed by atoms with Gasteiger partial charge >= 0.3 is 0 Å². The van der Waals surface area contributed by atoms with Gasteiger partial charge in [-0.15, -0.1) is 0 Å². The van der Waals surface area contributed by atoms with Gasteiger partial charge in [-0.1, -0.05) is 351 Å². The maximum Gasteiger partial charge on any atom is 0.277 e. The summed E-state index contributed by atoms with van der Waals surface area (Å²) in [5.41, 5.74) is 10.4. The van der Waals surface area contributed by atoms with Gasteiger partial charge in [0.25, 0.3) is 59.1 Å². The molecule has 2 saturated carbocycles. The van der Waals surface area contributed by atoms with E-state index in [0.717, 1.165) is 78.0 Å². The van der Waals surface area contributed by atoms with Gasteiger partial charge in [-0.25, -0.2) is 50.1 Å². The van der Waals surface area contributed by atoms with Gasteiger partial charge in [0.1, 0.15) is 5.75 Å². The predicted octanol–water partition coefficient (Wildman–Crippen LogP) is 16.0. The van der Waals surface area contributed by atoms with Crippen molar-refractivity contribution in [3.8, 4) is 5.75 Å². The molecule has 127 heavy (non-hydrogen) atoms. The van der Waals surface area contributed by atoms with Crippen molar-refractivity contribution in [1.82, 2.24) is 50.1 Å². The first-order valence-electron chi connectivity index (χ1n) is 43.6. The summed E-state index contributed by atoms with van der Waals surface area (Å²) >= 11 is 33.5. The lowest BCUT2D eigenvalue weighted by Gasteiger charge is -2.53. The Kier molecular flexibility index (Phi) is 22.0. The highest BCUT2D eigenvalue weighted by molar-refractivity contribution is 6.50. The molecule has 9 fully saturated rings. The van der Waals surface area contributed by atoms with E-state index in [1.165, 1.54) is 61.9 Å². The second-order valence-corrected chi connectivity index (χ2v) is 38.0. The predicted molar refractivity (Wildman–Crippen MR) is 481 cm³/mol. The van der Waals surface area contributed by atoms with Crippen LogP contribution >= 0.6 is 58.0 Å². The van der Waals surface area contributed by atoms with Gasteiger partial charge in [0, 0.05) is 0 Å². The number of aryl methyl sites for hydroxylation is 1. The summed E-state index contributed by atoms with van der Waals surface area (Å²) in [5.74, 6) is -0.536. The van der Waals surface area contributed by atoms with Crippen molar-refractivity contribution in [2.24, 2.45) is 23.7 Å². The second kappa shape index (κ2) is 32.9. The standard InChI is InChI=1S/C25H19ClN2O2.C22H19ClN2O3.C21H23ClN2O2.C19H21ClN2O2.C14H11ClN2O2/c26-25(20-14-8-3-9-15-20)23(29)27-21(18-10-4-1-5-11-18)16-17-22(28(27)24(25)30)19-12-6-2-7-13-19;1-28-16-8-9-17-14(13-16)7-10-19-18(17)11-12-24-20(26)22(23,21(27)25(19)24)15-5-3-2-4-6-15;22-21(15-7-2-1-3-8-15)19(25)23-13-12-17-16-9-5-4-6-14(16)10-11-18(17)24(23)20(21)26;1-11(2)14-10-15-12(3)9-16(14)22-18(24)19(20,17(23)21(15)22)13-7-5-4-6-8-13;15-14(9-4-2-1-3-5-9)12(18)16-10-6-7-11(8-10)17(16)13(14)19/h1-17,21-22H;2-6,8-9,11,13,19H,7,10,12H2,1H3;1-3,7-8,12,14,16,18H,4-6,9-11,13H2;4-9,11,14-16H,10H2,1-3H3;1-7,10-11H,8H2. The molecule has 7 saturated heterocycles. The van der Waals surface area contributed by atoms with Gasteiger partial charge in [0.15, 0.2) is 0 Å². The molecular weight excluding hydrogens is 1710 g/mol. The number of ether oxygens (including phenoxy) is 1. The van der Waals surface area contributed by atoms with E-state index in [1.54, 1.807) is 129 Å². The minimum absolute atomic E-state index is 0.00360. The average Bonchev–Trinajstić information content (AvgIpc) is 1.56. The number of hydrogen-bond donors (Lipinski definition) is 0. The Hall–Kier alpha value is -11.6. The van der Waals surface area contributed by atoms with Crippen molar-refractivity contribution in [3.05, 3.63) is 334 Å². The van der Waals surface area contributed by atoms with Gasteiger partial charge in [-0.05, 0) is 155 Å². The molecule has 0 radical (unpaired) electrons. The lowest BCUT2D eigenvalue weighted by molar-refractivity contribution is -0.169. The van der Waals surface area contributed by atoms with Gasteiger partial charge < -0.3 is 4.74 Å². The normalized spacial score (nSPS) is 31.0. The fraction of sp³-hybridized carbons (Fsp3) is 0.327. The molecule has 0 spiro atoms. The van der Waals surface area contributed by atoms with Crippen molar-refractivity contribution in [2.75, 3.05) is 20.2 Å². The van der Waals surface area contributed by atoms with Crippen LogP contribution in [-0.4, -0.2) is 166 Å². The molecule has 14 atom stereocenters. The van der Waals surface area contributed by atoms with E-state index in [1.807, 2.05) is 171 Å². The Balaban J connectivity index is 0.000000104. The molecular formula is C101H93Cl5N10O11. The minimum Gasteiger partial charge on any atom is -0.497 e. The van der Waals surface area contributed by atoms with Gasteiger partial charge in [-0.2, -0.15) is 0 Å². The highest BCUT2D eigenvalue weighted by atomic mass is 35.5. The zero-order valence-electron chi connectivity index (χ0n) is 70.2. The molecule has 4 bridgehead atoms. The Morgan fingerprint density at radius 2 is 0.772 bits per heavy atom. The van der Waals surface area contributed by atoms with Gasteiger partial charge in [-0.3, -0.25) is 47.9 Å². The topological polar surface area (TPSA) is 212 Å². The molecule has 5 aliphatic carbocycles. The number of halogens is 5. The number of methoxy groups -OCH3 is 1. The van der Waals surface area contributed by atoms with E-state index in [2.05, 4.69) is 26.0 Å². The summed E-state index contributed by atoms with van der Waals surface area (Å²) < 4.78 is 5.34. The van der Waals surface area contributed by atoms with Crippen LogP contribution in [0.15, 0.2) is 284 Å². The summed E-state index contributed by atoms with van der Waals surface area (Å²) in [5, 5.41) is 15.7. The summed E-state index contributed by atoms with van der Waals surface area (Å²) in [4.78, 5) is 124. The lowest BCUT2D eigenvalue weighted by atomic mass is 9.66. The number of hydrazine groups is 5. The van der Waals surface area contributed by atoms with Crippen LogP contribution in [0.25, 0.3) is 5.57 Å². The molecule has 8 aromatic rings. The molecule has 8 aromatic carbocycles. The van der Waals surface area contributed by atoms with Crippen molar-refractivity contribution >= 4 is 123 Å². The molecule has 16 aliphatic rings. The van der Waals surface area contributed by atoms with Crippen LogP contribution < -0.4 is 4.74 Å². The Labute approximate surface area is 761 Å². The zero-order chi connectivity index (χ0) is 88.5. The van der Waals surface area contributed by atoms with Crippen molar-refractivity contribution < 1.29 is 52.7 Å². The zero-order valence-corrected chi connectivity index (χ0v) is 74.0. The number of alkyl halides is 5. The lowest BCUT2D eigenvalue weighted by Crippen LogP contribution is -2.63. The number of carbonyl (C=O) groups is 10. The van der Waals surface area contributed by atoms with E-state index in [9.17, 15) is 47.9 Å². The smallest absolute Gasteiger partial charge is 0.277 e. The first-order chi connectivity index (χ1) is 61.3. The Morgan fingerprint density at radius 1 is 0.378 bits per heavy atom. The third-order valence-corrected chi connectivity index (χ3v) is 30.9. The number of carbonyl (C=O) groups excluding carboxylic acids is 10.